The van der Waals surface area contributed by atoms with Crippen LogP contribution in [0.2, 0.25) is 0 Å². The zero-order chi connectivity index (χ0) is 13.8. The zero-order valence-corrected chi connectivity index (χ0v) is 10.6. The Morgan fingerprint density at radius 1 is 1.26 bits per heavy atom. The molecule has 0 aliphatic heterocycles. The molecule has 0 aliphatic rings. The molecule has 7 heteroatoms. The Bertz CT molecular complexity index is 605. The van der Waals surface area contributed by atoms with Gasteiger partial charge in [0.1, 0.15) is 16.7 Å². The van der Waals surface area contributed by atoms with Crippen LogP contribution in [-0.2, 0) is 4.74 Å². The molecule has 0 aliphatic carbocycles. The van der Waals surface area contributed by atoms with Crippen molar-refractivity contribution in [2.24, 2.45) is 0 Å². The third kappa shape index (κ3) is 3.25. The highest BCUT2D eigenvalue weighted by Crippen LogP contribution is 2.28. The lowest BCUT2D eigenvalue weighted by molar-refractivity contribution is 0.0593. The van der Waals surface area contributed by atoms with Crippen molar-refractivity contribution >= 4 is 17.7 Å². The van der Waals surface area contributed by atoms with Crippen molar-refractivity contribution in [3.63, 3.8) is 0 Å². The Labute approximate surface area is 111 Å². The lowest BCUT2D eigenvalue weighted by atomic mass is 10.3. The average molecular weight is 282 g/mol. The second kappa shape index (κ2) is 5.75. The molecule has 0 radical (unpaired) electrons. The van der Waals surface area contributed by atoms with E-state index in [2.05, 4.69) is 14.7 Å². The Balaban J connectivity index is 2.17. The van der Waals surface area contributed by atoms with Gasteiger partial charge in [0, 0.05) is 11.0 Å². The van der Waals surface area contributed by atoms with Crippen molar-refractivity contribution in [1.29, 1.82) is 0 Å². The van der Waals surface area contributed by atoms with Crippen LogP contribution in [0.4, 0.5) is 8.78 Å². The monoisotopic (exact) mass is 282 g/mol. The van der Waals surface area contributed by atoms with Crippen LogP contribution in [-0.4, -0.2) is 23.0 Å². The number of rotatable bonds is 3. The third-order valence-electron chi connectivity index (χ3n) is 2.13. The quantitative estimate of drug-likeness (QED) is 0.810. The zero-order valence-electron chi connectivity index (χ0n) is 9.76. The maximum atomic E-state index is 13.4. The number of aromatic nitrogens is 2. The van der Waals surface area contributed by atoms with Crippen LogP contribution in [0.25, 0.3) is 0 Å². The van der Waals surface area contributed by atoms with Crippen LogP contribution in [0.5, 0.6) is 0 Å². The van der Waals surface area contributed by atoms with E-state index in [9.17, 15) is 13.6 Å². The van der Waals surface area contributed by atoms with Crippen molar-refractivity contribution in [2.75, 3.05) is 7.11 Å². The summed E-state index contributed by atoms with van der Waals surface area (Å²) in [5, 5.41) is 0.387. The molecule has 0 N–H and O–H groups in total. The van der Waals surface area contributed by atoms with Crippen molar-refractivity contribution in [2.45, 2.75) is 9.92 Å². The molecule has 0 fully saturated rings. The number of methoxy groups -OCH3 is 1. The second-order valence-corrected chi connectivity index (χ2v) is 4.47. The summed E-state index contributed by atoms with van der Waals surface area (Å²) >= 11 is 0.984. The number of benzene rings is 1. The number of hydrogen-bond donors (Lipinski definition) is 0. The van der Waals surface area contributed by atoms with Gasteiger partial charge >= 0.3 is 5.97 Å². The van der Waals surface area contributed by atoms with Gasteiger partial charge in [0.05, 0.1) is 19.5 Å². The Morgan fingerprint density at radius 3 is 2.63 bits per heavy atom. The van der Waals surface area contributed by atoms with E-state index in [1.807, 2.05) is 0 Å². The molecule has 1 aromatic carbocycles. The molecule has 0 unspecified atom stereocenters. The van der Waals surface area contributed by atoms with Gasteiger partial charge < -0.3 is 4.74 Å². The van der Waals surface area contributed by atoms with E-state index < -0.39 is 17.6 Å². The molecule has 98 valence electrons. The van der Waals surface area contributed by atoms with Crippen LogP contribution in [0.1, 0.15) is 10.5 Å². The molecule has 1 aromatic heterocycles. The van der Waals surface area contributed by atoms with Crippen LogP contribution in [0.3, 0.4) is 0 Å². The lowest BCUT2D eigenvalue weighted by Gasteiger charge is -2.03. The van der Waals surface area contributed by atoms with Gasteiger partial charge in [-0.2, -0.15) is 0 Å². The van der Waals surface area contributed by atoms with E-state index in [0.29, 0.717) is 5.03 Å². The van der Waals surface area contributed by atoms with Gasteiger partial charge in [0.25, 0.3) is 0 Å². The highest BCUT2D eigenvalue weighted by atomic mass is 32.2. The summed E-state index contributed by atoms with van der Waals surface area (Å²) in [6, 6.07) is 3.26. The minimum atomic E-state index is -0.677. The fourth-order valence-corrected chi connectivity index (χ4v) is 1.98. The minimum absolute atomic E-state index is 0.0615. The molecule has 0 bridgehead atoms. The molecule has 0 atom stereocenters. The number of carbonyl (C=O) groups is 1. The topological polar surface area (TPSA) is 52.1 Å². The first-order valence-electron chi connectivity index (χ1n) is 5.13. The highest BCUT2D eigenvalue weighted by molar-refractivity contribution is 7.99. The first-order valence-corrected chi connectivity index (χ1v) is 5.95. The normalized spacial score (nSPS) is 10.3. The smallest absolute Gasteiger partial charge is 0.358 e. The SMILES string of the molecule is COC(=O)c1cnc(Sc2ccc(F)cc2F)cn1. The third-order valence-corrected chi connectivity index (χ3v) is 3.10. The number of halogens is 2. The van der Waals surface area contributed by atoms with Gasteiger partial charge in [-0.1, -0.05) is 11.8 Å². The molecular formula is C12H8F2N2O2S. The number of ether oxygens (including phenoxy) is 1. The van der Waals surface area contributed by atoms with Crippen molar-refractivity contribution in [3.8, 4) is 0 Å². The number of carbonyl (C=O) groups excluding carboxylic acids is 1. The van der Waals surface area contributed by atoms with Crippen LogP contribution < -0.4 is 0 Å². The standard InChI is InChI=1S/C12H8F2N2O2S/c1-18-12(17)9-5-16-11(6-15-9)19-10-3-2-7(13)4-8(10)14/h2-6H,1H3. The summed E-state index contributed by atoms with van der Waals surface area (Å²) in [4.78, 5) is 19.1. The van der Waals surface area contributed by atoms with Crippen molar-refractivity contribution < 1.29 is 18.3 Å². The summed E-state index contributed by atoms with van der Waals surface area (Å²) in [5.41, 5.74) is 0.0615. The largest absolute Gasteiger partial charge is 0.464 e. The highest BCUT2D eigenvalue weighted by Gasteiger charge is 2.10. The van der Waals surface area contributed by atoms with E-state index in [0.717, 1.165) is 23.9 Å². The maximum Gasteiger partial charge on any atom is 0.358 e. The Morgan fingerprint density at radius 2 is 2.05 bits per heavy atom. The van der Waals surface area contributed by atoms with E-state index in [1.54, 1.807) is 0 Å². The van der Waals surface area contributed by atoms with Gasteiger partial charge in [-0.15, -0.1) is 0 Å². The molecule has 0 amide bonds. The molecule has 19 heavy (non-hydrogen) atoms. The molecule has 4 nitrogen and oxygen atoms in total. The average Bonchev–Trinajstić information content (AvgIpc) is 2.42. The van der Waals surface area contributed by atoms with Crippen molar-refractivity contribution in [3.05, 3.63) is 47.9 Å². The second-order valence-electron chi connectivity index (χ2n) is 3.41. The maximum absolute atomic E-state index is 13.4. The Hall–Kier alpha value is -2.02. The Kier molecular flexibility index (Phi) is 4.06. The molecule has 0 saturated heterocycles. The predicted molar refractivity (Wildman–Crippen MR) is 63.9 cm³/mol. The van der Waals surface area contributed by atoms with Gasteiger partial charge in [-0.25, -0.2) is 23.5 Å². The van der Waals surface area contributed by atoms with E-state index in [1.165, 1.54) is 25.6 Å². The molecule has 2 aromatic rings. The first-order chi connectivity index (χ1) is 9.10. The van der Waals surface area contributed by atoms with E-state index in [4.69, 9.17) is 0 Å². The molecule has 1 heterocycles. The summed E-state index contributed by atoms with van der Waals surface area (Å²) in [7, 11) is 1.24. The first kappa shape index (κ1) is 13.4. The van der Waals surface area contributed by atoms with Gasteiger partial charge in [-0.05, 0) is 12.1 Å². The van der Waals surface area contributed by atoms with Gasteiger partial charge in [-0.3, -0.25) is 0 Å². The predicted octanol–water partition coefficient (Wildman–Crippen LogP) is 2.69. The fourth-order valence-electron chi connectivity index (χ4n) is 1.25. The molecular weight excluding hydrogens is 274 g/mol. The van der Waals surface area contributed by atoms with Crippen LogP contribution in [0.15, 0.2) is 40.5 Å². The van der Waals surface area contributed by atoms with Crippen LogP contribution >= 0.6 is 11.8 Å². The molecule has 0 saturated carbocycles. The number of nitrogens with zero attached hydrogens (tertiary/aromatic N) is 2. The lowest BCUT2D eigenvalue weighted by Crippen LogP contribution is -2.04. The summed E-state index contributed by atoms with van der Waals surface area (Å²) in [6.45, 7) is 0. The minimum Gasteiger partial charge on any atom is -0.464 e. The summed E-state index contributed by atoms with van der Waals surface area (Å²) in [6.07, 6.45) is 2.55. The van der Waals surface area contributed by atoms with Gasteiger partial charge in [0.15, 0.2) is 5.69 Å². The van der Waals surface area contributed by atoms with E-state index in [-0.39, 0.29) is 10.6 Å². The number of esters is 1. The van der Waals surface area contributed by atoms with Crippen molar-refractivity contribution in [1.82, 2.24) is 9.97 Å². The van der Waals surface area contributed by atoms with E-state index >= 15 is 0 Å². The molecule has 0 spiro atoms. The van der Waals surface area contributed by atoms with Crippen LogP contribution in [0, 0.1) is 11.6 Å². The number of hydrogen-bond acceptors (Lipinski definition) is 5. The summed E-state index contributed by atoms with van der Waals surface area (Å²) in [5.74, 6) is -1.92. The molecule has 2 rings (SSSR count). The van der Waals surface area contributed by atoms with Gasteiger partial charge in [0.2, 0.25) is 0 Å². The fraction of sp³-hybridized carbons (Fsp3) is 0.0833. The summed E-state index contributed by atoms with van der Waals surface area (Å²) < 4.78 is 30.6.